The molecule has 0 bridgehead atoms. The first-order valence-corrected chi connectivity index (χ1v) is 6.78. The lowest BCUT2D eigenvalue weighted by molar-refractivity contribution is 0.280. The molecular weight excluding hydrogens is 220 g/mol. The number of anilines is 1. The van der Waals surface area contributed by atoms with E-state index in [4.69, 9.17) is 0 Å². The zero-order valence-electron chi connectivity index (χ0n) is 9.86. The van der Waals surface area contributed by atoms with Crippen LogP contribution in [0, 0.1) is 13.8 Å². The Hall–Kier alpha value is -0.740. The molecule has 0 aliphatic carbocycles. The number of hydrogen-bond acceptors (Lipinski definition) is 4. The second-order valence-electron chi connectivity index (χ2n) is 4.14. The minimum absolute atomic E-state index is 0.0814. The van der Waals surface area contributed by atoms with E-state index in [1.165, 1.54) is 0 Å². The third kappa shape index (κ3) is 2.33. The molecule has 2 rings (SSSR count). The molecule has 1 aromatic heterocycles. The number of pyridine rings is 1. The van der Waals surface area contributed by atoms with E-state index in [0.717, 1.165) is 47.2 Å². The Balaban J connectivity index is 2.36. The zero-order valence-corrected chi connectivity index (χ0v) is 10.7. The highest BCUT2D eigenvalue weighted by Gasteiger charge is 2.17. The largest absolute Gasteiger partial charge is 0.392 e. The molecule has 1 aliphatic rings. The molecule has 0 amide bonds. The van der Waals surface area contributed by atoms with Gasteiger partial charge in [0.05, 0.1) is 6.61 Å². The van der Waals surface area contributed by atoms with Crippen LogP contribution in [0.4, 0.5) is 5.82 Å². The van der Waals surface area contributed by atoms with E-state index < -0.39 is 0 Å². The van der Waals surface area contributed by atoms with Gasteiger partial charge in [-0.15, -0.1) is 0 Å². The summed E-state index contributed by atoms with van der Waals surface area (Å²) in [6, 6.07) is 2.04. The van der Waals surface area contributed by atoms with E-state index in [0.29, 0.717) is 0 Å². The molecule has 0 radical (unpaired) electrons. The summed E-state index contributed by atoms with van der Waals surface area (Å²) >= 11 is 1.98. The predicted octanol–water partition coefficient (Wildman–Crippen LogP) is 1.74. The maximum absolute atomic E-state index is 9.45. The minimum Gasteiger partial charge on any atom is -0.392 e. The predicted molar refractivity (Wildman–Crippen MR) is 69.2 cm³/mol. The van der Waals surface area contributed by atoms with Crippen molar-refractivity contribution >= 4 is 17.6 Å². The van der Waals surface area contributed by atoms with Crippen LogP contribution >= 0.6 is 11.8 Å². The fourth-order valence-corrected chi connectivity index (χ4v) is 2.98. The number of aliphatic hydroxyl groups excluding tert-OH is 1. The molecule has 1 fully saturated rings. The first kappa shape index (κ1) is 11.7. The van der Waals surface area contributed by atoms with Crippen molar-refractivity contribution in [2.75, 3.05) is 29.5 Å². The van der Waals surface area contributed by atoms with Crippen LogP contribution in [-0.4, -0.2) is 34.7 Å². The summed E-state index contributed by atoms with van der Waals surface area (Å²) in [4.78, 5) is 6.88. The van der Waals surface area contributed by atoms with Crippen molar-refractivity contribution in [2.24, 2.45) is 0 Å². The van der Waals surface area contributed by atoms with Gasteiger partial charge in [0.25, 0.3) is 0 Å². The summed E-state index contributed by atoms with van der Waals surface area (Å²) in [5, 5.41) is 9.45. The van der Waals surface area contributed by atoms with Crippen molar-refractivity contribution in [3.8, 4) is 0 Å². The van der Waals surface area contributed by atoms with Gasteiger partial charge in [0.2, 0.25) is 0 Å². The molecule has 1 N–H and O–H groups in total. The highest BCUT2D eigenvalue weighted by atomic mass is 32.2. The van der Waals surface area contributed by atoms with E-state index >= 15 is 0 Å². The van der Waals surface area contributed by atoms with Crippen molar-refractivity contribution < 1.29 is 5.11 Å². The van der Waals surface area contributed by atoms with Crippen LogP contribution in [0.25, 0.3) is 0 Å². The Kier molecular flexibility index (Phi) is 3.71. The molecule has 16 heavy (non-hydrogen) atoms. The molecule has 1 saturated heterocycles. The van der Waals surface area contributed by atoms with Crippen LogP contribution < -0.4 is 4.90 Å². The Morgan fingerprint density at radius 2 is 2.06 bits per heavy atom. The molecule has 2 heterocycles. The van der Waals surface area contributed by atoms with E-state index in [2.05, 4.69) is 9.88 Å². The zero-order chi connectivity index (χ0) is 11.5. The van der Waals surface area contributed by atoms with E-state index in [1.807, 2.05) is 31.7 Å². The molecule has 88 valence electrons. The lowest BCUT2D eigenvalue weighted by atomic mass is 10.1. The molecule has 0 unspecified atom stereocenters. The third-order valence-corrected chi connectivity index (χ3v) is 3.86. The monoisotopic (exact) mass is 238 g/mol. The second kappa shape index (κ2) is 5.06. The highest BCUT2D eigenvalue weighted by molar-refractivity contribution is 7.99. The van der Waals surface area contributed by atoms with Gasteiger partial charge in [-0.3, -0.25) is 0 Å². The van der Waals surface area contributed by atoms with Gasteiger partial charge >= 0.3 is 0 Å². The van der Waals surface area contributed by atoms with Crippen molar-refractivity contribution in [3.63, 3.8) is 0 Å². The molecule has 3 nitrogen and oxygen atoms in total. The Labute approximate surface area is 101 Å². The number of hydrogen-bond donors (Lipinski definition) is 1. The fourth-order valence-electron chi connectivity index (χ4n) is 2.08. The lowest BCUT2D eigenvalue weighted by Gasteiger charge is -2.29. The van der Waals surface area contributed by atoms with Crippen LogP contribution in [0.5, 0.6) is 0 Å². The van der Waals surface area contributed by atoms with Gasteiger partial charge in [0.15, 0.2) is 0 Å². The lowest BCUT2D eigenvalue weighted by Crippen LogP contribution is -2.34. The van der Waals surface area contributed by atoms with E-state index in [-0.39, 0.29) is 6.61 Å². The number of aryl methyl sites for hydroxylation is 2. The van der Waals surface area contributed by atoms with Crippen LogP contribution in [0.3, 0.4) is 0 Å². The van der Waals surface area contributed by atoms with Gasteiger partial charge in [-0.1, -0.05) is 0 Å². The molecule has 0 atom stereocenters. The van der Waals surface area contributed by atoms with Gasteiger partial charge in [-0.05, 0) is 25.5 Å². The first-order valence-electron chi connectivity index (χ1n) is 5.63. The number of nitrogens with zero attached hydrogens (tertiary/aromatic N) is 2. The van der Waals surface area contributed by atoms with Gasteiger partial charge in [-0.25, -0.2) is 4.98 Å². The summed E-state index contributed by atoms with van der Waals surface area (Å²) in [5.74, 6) is 3.29. The maximum atomic E-state index is 9.45. The van der Waals surface area contributed by atoms with Crippen molar-refractivity contribution in [2.45, 2.75) is 20.5 Å². The normalized spacial score (nSPS) is 16.6. The summed E-state index contributed by atoms with van der Waals surface area (Å²) in [6.07, 6.45) is 0. The van der Waals surface area contributed by atoms with Crippen LogP contribution in [0.15, 0.2) is 6.07 Å². The second-order valence-corrected chi connectivity index (χ2v) is 5.36. The molecule has 0 saturated carbocycles. The van der Waals surface area contributed by atoms with Crippen LogP contribution in [-0.2, 0) is 6.61 Å². The fraction of sp³-hybridized carbons (Fsp3) is 0.583. The number of thioether (sulfide) groups is 1. The number of rotatable bonds is 2. The Morgan fingerprint density at radius 1 is 1.38 bits per heavy atom. The molecule has 0 aromatic carbocycles. The van der Waals surface area contributed by atoms with Gasteiger partial charge in [0, 0.05) is 35.9 Å². The number of aromatic nitrogens is 1. The third-order valence-electron chi connectivity index (χ3n) is 2.92. The first-order chi connectivity index (χ1) is 7.72. The van der Waals surface area contributed by atoms with Crippen molar-refractivity contribution in [3.05, 3.63) is 22.9 Å². The summed E-state index contributed by atoms with van der Waals surface area (Å²) in [5.41, 5.74) is 3.16. The van der Waals surface area contributed by atoms with Crippen molar-refractivity contribution in [1.29, 1.82) is 0 Å². The van der Waals surface area contributed by atoms with Crippen LogP contribution in [0.2, 0.25) is 0 Å². The average Bonchev–Trinajstić information content (AvgIpc) is 2.29. The topological polar surface area (TPSA) is 36.4 Å². The van der Waals surface area contributed by atoms with Crippen molar-refractivity contribution in [1.82, 2.24) is 4.98 Å². The average molecular weight is 238 g/mol. The Morgan fingerprint density at radius 3 is 2.69 bits per heavy atom. The highest BCUT2D eigenvalue weighted by Crippen LogP contribution is 2.25. The SMILES string of the molecule is Cc1cc(C)c(CO)c(N2CCSCC2)n1. The standard InChI is InChI=1S/C12H18N2OS/c1-9-7-10(2)13-12(11(9)8-15)14-3-5-16-6-4-14/h7,15H,3-6,8H2,1-2H3. The van der Waals surface area contributed by atoms with Gasteiger partial charge < -0.3 is 10.0 Å². The Bertz CT molecular complexity index is 376. The molecular formula is C12H18N2OS. The summed E-state index contributed by atoms with van der Waals surface area (Å²) in [7, 11) is 0. The summed E-state index contributed by atoms with van der Waals surface area (Å²) < 4.78 is 0. The minimum atomic E-state index is 0.0814. The van der Waals surface area contributed by atoms with Crippen LogP contribution in [0.1, 0.15) is 16.8 Å². The van der Waals surface area contributed by atoms with E-state index in [9.17, 15) is 5.11 Å². The summed E-state index contributed by atoms with van der Waals surface area (Å²) in [6.45, 7) is 6.21. The van der Waals surface area contributed by atoms with E-state index in [1.54, 1.807) is 0 Å². The smallest absolute Gasteiger partial charge is 0.134 e. The maximum Gasteiger partial charge on any atom is 0.134 e. The quantitative estimate of drug-likeness (QED) is 0.851. The molecule has 1 aliphatic heterocycles. The molecule has 4 heteroatoms. The number of aliphatic hydroxyl groups is 1. The van der Waals surface area contributed by atoms with Gasteiger partial charge in [0.1, 0.15) is 5.82 Å². The molecule has 1 aromatic rings. The van der Waals surface area contributed by atoms with Gasteiger partial charge in [-0.2, -0.15) is 11.8 Å². The molecule has 0 spiro atoms.